The molecule has 128 valence electrons. The van der Waals surface area contributed by atoms with E-state index in [1.165, 1.54) is 24.3 Å². The van der Waals surface area contributed by atoms with E-state index < -0.39 is 21.7 Å². The summed E-state index contributed by atoms with van der Waals surface area (Å²) in [6, 6.07) is 9.15. The minimum Gasteiger partial charge on any atom is -0.319 e. The molecule has 0 aliphatic carbocycles. The van der Waals surface area contributed by atoms with E-state index in [4.69, 9.17) is 11.6 Å². The molecule has 2 aromatic carbocycles. The van der Waals surface area contributed by atoms with Gasteiger partial charge in [-0.25, -0.2) is 17.5 Å². The molecule has 2 N–H and O–H groups in total. The summed E-state index contributed by atoms with van der Waals surface area (Å²) in [4.78, 5) is 11.9. The van der Waals surface area contributed by atoms with Crippen LogP contribution in [0.15, 0.2) is 47.4 Å². The molecule has 2 aromatic rings. The average Bonchev–Trinajstić information content (AvgIpc) is 2.47. The quantitative estimate of drug-likeness (QED) is 0.846. The highest BCUT2D eigenvalue weighted by Gasteiger charge is 2.18. The monoisotopic (exact) mass is 370 g/mol. The van der Waals surface area contributed by atoms with E-state index >= 15 is 0 Å². The van der Waals surface area contributed by atoms with Crippen LogP contribution < -0.4 is 10.0 Å². The Bertz CT molecular complexity index is 869. The summed E-state index contributed by atoms with van der Waals surface area (Å²) in [5, 5.41) is 2.76. The van der Waals surface area contributed by atoms with E-state index in [1.54, 1.807) is 26.0 Å². The average molecular weight is 371 g/mol. The Labute approximate surface area is 144 Å². The normalized spacial score (nSPS) is 11.5. The lowest BCUT2D eigenvalue weighted by molar-refractivity contribution is 0.102. The molecule has 2 rings (SSSR count). The predicted molar refractivity (Wildman–Crippen MR) is 91.3 cm³/mol. The summed E-state index contributed by atoms with van der Waals surface area (Å²) in [7, 11) is -3.81. The van der Waals surface area contributed by atoms with Crippen LogP contribution in [0.5, 0.6) is 0 Å². The first-order valence-corrected chi connectivity index (χ1v) is 8.94. The minimum atomic E-state index is -3.81. The van der Waals surface area contributed by atoms with E-state index in [0.717, 1.165) is 6.07 Å². The Kier molecular flexibility index (Phi) is 5.58. The van der Waals surface area contributed by atoms with Gasteiger partial charge in [0.2, 0.25) is 10.0 Å². The van der Waals surface area contributed by atoms with E-state index in [1.807, 2.05) is 0 Å². The number of rotatable bonds is 5. The lowest BCUT2D eigenvalue weighted by Gasteiger charge is -2.11. The van der Waals surface area contributed by atoms with E-state index in [9.17, 15) is 17.6 Å². The van der Waals surface area contributed by atoms with E-state index in [-0.39, 0.29) is 22.2 Å². The lowest BCUT2D eigenvalue weighted by Crippen LogP contribution is -2.30. The molecule has 0 saturated heterocycles. The number of amides is 1. The van der Waals surface area contributed by atoms with Crippen LogP contribution in [-0.2, 0) is 10.0 Å². The molecule has 8 heteroatoms. The molecule has 5 nitrogen and oxygen atoms in total. The van der Waals surface area contributed by atoms with Gasteiger partial charge >= 0.3 is 0 Å². The number of sulfonamides is 1. The Morgan fingerprint density at radius 2 is 1.88 bits per heavy atom. The number of hydrogen-bond donors (Lipinski definition) is 2. The van der Waals surface area contributed by atoms with Crippen LogP contribution in [-0.4, -0.2) is 20.4 Å². The van der Waals surface area contributed by atoms with Gasteiger partial charge in [0.1, 0.15) is 5.82 Å². The molecule has 1 amide bonds. The number of benzene rings is 2. The van der Waals surface area contributed by atoms with Crippen LogP contribution in [0.4, 0.5) is 10.1 Å². The topological polar surface area (TPSA) is 75.3 Å². The molecular formula is C16H16ClFN2O3S. The maximum atomic E-state index is 14.1. The summed E-state index contributed by atoms with van der Waals surface area (Å²) in [6.07, 6.45) is 0. The smallest absolute Gasteiger partial charge is 0.255 e. The first-order valence-electron chi connectivity index (χ1n) is 7.08. The van der Waals surface area contributed by atoms with Gasteiger partial charge in [0.05, 0.1) is 10.6 Å². The van der Waals surface area contributed by atoms with Gasteiger partial charge in [0.25, 0.3) is 5.91 Å². The Balaban J connectivity index is 2.23. The molecule has 0 heterocycles. The summed E-state index contributed by atoms with van der Waals surface area (Å²) in [6.45, 7) is 3.32. The predicted octanol–water partition coefficient (Wildman–Crippen LogP) is 3.42. The van der Waals surface area contributed by atoms with Crippen LogP contribution in [0.1, 0.15) is 24.2 Å². The number of carbonyl (C=O) groups excluding carboxylic acids is 1. The Morgan fingerprint density at radius 3 is 2.46 bits per heavy atom. The lowest BCUT2D eigenvalue weighted by atomic mass is 10.2. The number of nitrogens with one attached hydrogen (secondary N) is 2. The highest BCUT2D eigenvalue weighted by atomic mass is 35.5. The van der Waals surface area contributed by atoms with Crippen molar-refractivity contribution in [2.24, 2.45) is 0 Å². The molecule has 0 spiro atoms. The highest BCUT2D eigenvalue weighted by molar-refractivity contribution is 7.89. The minimum absolute atomic E-state index is 0.122. The molecule has 0 fully saturated rings. The first-order chi connectivity index (χ1) is 11.2. The molecule has 0 aliphatic heterocycles. The fourth-order valence-corrected chi connectivity index (χ4v) is 3.42. The van der Waals surface area contributed by atoms with Crippen LogP contribution >= 0.6 is 11.6 Å². The molecule has 0 saturated carbocycles. The Morgan fingerprint density at radius 1 is 1.17 bits per heavy atom. The zero-order valence-electron chi connectivity index (χ0n) is 13.0. The third-order valence-corrected chi connectivity index (χ3v) is 4.87. The SMILES string of the molecule is CC(C)NS(=O)(=O)c1ccc(NC(=O)c2cccc(Cl)c2)c(F)c1. The first kappa shape index (κ1) is 18.4. The van der Waals surface area contributed by atoms with Gasteiger partial charge in [0, 0.05) is 16.6 Å². The summed E-state index contributed by atoms with van der Waals surface area (Å²) < 4.78 is 40.5. The standard InChI is InChI=1S/C16H16ClFN2O3S/c1-10(2)20-24(22,23)13-6-7-15(14(18)9-13)19-16(21)11-4-3-5-12(17)8-11/h3-10,20H,1-2H3,(H,19,21). The van der Waals surface area contributed by atoms with E-state index in [2.05, 4.69) is 10.0 Å². The summed E-state index contributed by atoms with van der Waals surface area (Å²) in [5.74, 6) is -1.40. The fraction of sp³-hybridized carbons (Fsp3) is 0.188. The molecular weight excluding hydrogens is 355 g/mol. The molecule has 0 bridgehead atoms. The van der Waals surface area contributed by atoms with Crippen molar-refractivity contribution in [1.29, 1.82) is 0 Å². The second kappa shape index (κ2) is 7.29. The van der Waals surface area contributed by atoms with Crippen molar-refractivity contribution < 1.29 is 17.6 Å². The number of anilines is 1. The number of halogens is 2. The van der Waals surface area contributed by atoms with Gasteiger partial charge in [0.15, 0.2) is 0 Å². The molecule has 0 aliphatic rings. The molecule has 24 heavy (non-hydrogen) atoms. The third kappa shape index (κ3) is 4.53. The van der Waals surface area contributed by atoms with Gasteiger partial charge < -0.3 is 5.32 Å². The summed E-state index contributed by atoms with van der Waals surface area (Å²) in [5.41, 5.74) is 0.142. The van der Waals surface area contributed by atoms with Crippen molar-refractivity contribution in [1.82, 2.24) is 4.72 Å². The second-order valence-corrected chi connectivity index (χ2v) is 7.53. The number of hydrogen-bond acceptors (Lipinski definition) is 3. The van der Waals surface area contributed by atoms with Crippen molar-refractivity contribution in [3.63, 3.8) is 0 Å². The third-order valence-electron chi connectivity index (χ3n) is 2.98. The van der Waals surface area contributed by atoms with Crippen molar-refractivity contribution in [3.05, 3.63) is 58.9 Å². The van der Waals surface area contributed by atoms with Gasteiger partial charge in [-0.2, -0.15) is 0 Å². The van der Waals surface area contributed by atoms with Gasteiger partial charge in [-0.15, -0.1) is 0 Å². The van der Waals surface area contributed by atoms with Crippen molar-refractivity contribution in [2.45, 2.75) is 24.8 Å². The molecule has 0 atom stereocenters. The van der Waals surface area contributed by atoms with Crippen molar-refractivity contribution in [2.75, 3.05) is 5.32 Å². The highest BCUT2D eigenvalue weighted by Crippen LogP contribution is 2.20. The van der Waals surface area contributed by atoms with Crippen LogP contribution in [0.2, 0.25) is 5.02 Å². The zero-order valence-corrected chi connectivity index (χ0v) is 14.6. The largest absolute Gasteiger partial charge is 0.319 e. The second-order valence-electron chi connectivity index (χ2n) is 5.38. The van der Waals surface area contributed by atoms with Crippen molar-refractivity contribution >= 4 is 33.2 Å². The molecule has 0 unspecified atom stereocenters. The van der Waals surface area contributed by atoms with Crippen LogP contribution in [0.25, 0.3) is 0 Å². The summed E-state index contributed by atoms with van der Waals surface area (Å²) >= 11 is 5.81. The number of carbonyl (C=O) groups is 1. The Hall–Kier alpha value is -1.96. The molecule has 0 radical (unpaired) electrons. The van der Waals surface area contributed by atoms with E-state index in [0.29, 0.717) is 5.02 Å². The van der Waals surface area contributed by atoms with Gasteiger partial charge in [-0.1, -0.05) is 17.7 Å². The van der Waals surface area contributed by atoms with Crippen LogP contribution in [0.3, 0.4) is 0 Å². The van der Waals surface area contributed by atoms with Crippen LogP contribution in [0, 0.1) is 5.82 Å². The van der Waals surface area contributed by atoms with Gasteiger partial charge in [-0.05, 0) is 50.2 Å². The van der Waals surface area contributed by atoms with Crippen molar-refractivity contribution in [3.8, 4) is 0 Å². The molecule has 0 aromatic heterocycles. The fourth-order valence-electron chi connectivity index (χ4n) is 1.97. The maximum Gasteiger partial charge on any atom is 0.255 e. The maximum absolute atomic E-state index is 14.1. The zero-order chi connectivity index (χ0) is 17.9. The van der Waals surface area contributed by atoms with Gasteiger partial charge in [-0.3, -0.25) is 4.79 Å².